The lowest BCUT2D eigenvalue weighted by molar-refractivity contribution is 0.190. The van der Waals surface area contributed by atoms with Crippen LogP contribution in [0.3, 0.4) is 0 Å². The number of hydrogen-bond acceptors (Lipinski definition) is 5. The van der Waals surface area contributed by atoms with Crippen molar-refractivity contribution in [1.82, 2.24) is 9.71 Å². The predicted octanol–water partition coefficient (Wildman–Crippen LogP) is 4.84. The first kappa shape index (κ1) is 25.7. The topological polar surface area (TPSA) is 80.7 Å². The summed E-state index contributed by atoms with van der Waals surface area (Å²) in [6.07, 6.45) is 0.0910. The van der Waals surface area contributed by atoms with Gasteiger partial charge in [-0.25, -0.2) is 13.9 Å². The molecular weight excluding hydrogens is 440 g/mol. The zero-order chi connectivity index (χ0) is 23.1. The molecule has 0 fully saturated rings. The van der Waals surface area contributed by atoms with Gasteiger partial charge in [-0.1, -0.05) is 32.4 Å². The molecule has 1 aliphatic rings. The summed E-state index contributed by atoms with van der Waals surface area (Å²) >= 11 is 6.49. The molecule has 2 rings (SSSR count). The SMILES string of the molecule is CC(O[Si](C)(C)C(C)(C)C)c1cc2c(c(Cl)n1)OCC2(CCO)NS(=O)C(C)(C)C. The number of aromatic nitrogens is 1. The van der Waals surface area contributed by atoms with Gasteiger partial charge in [0.25, 0.3) is 0 Å². The molecule has 0 aromatic carbocycles. The largest absolute Gasteiger partial charge is 0.488 e. The first-order chi connectivity index (χ1) is 13.5. The van der Waals surface area contributed by atoms with E-state index in [1.807, 2.05) is 33.8 Å². The van der Waals surface area contributed by atoms with E-state index in [-0.39, 0.29) is 29.5 Å². The highest BCUT2D eigenvalue weighted by Crippen LogP contribution is 2.45. The van der Waals surface area contributed by atoms with Crippen LogP contribution in [0.15, 0.2) is 6.07 Å². The summed E-state index contributed by atoms with van der Waals surface area (Å²) < 4.78 is 28.0. The van der Waals surface area contributed by atoms with Crippen LogP contribution in [0.25, 0.3) is 0 Å². The van der Waals surface area contributed by atoms with E-state index in [1.165, 1.54) is 0 Å². The molecule has 1 aromatic heterocycles. The maximum atomic E-state index is 12.9. The molecule has 0 aliphatic carbocycles. The Morgan fingerprint density at radius 2 is 1.97 bits per heavy atom. The van der Waals surface area contributed by atoms with E-state index in [2.05, 4.69) is 43.6 Å². The van der Waals surface area contributed by atoms with E-state index in [9.17, 15) is 9.32 Å². The molecule has 9 heteroatoms. The maximum absolute atomic E-state index is 12.9. The van der Waals surface area contributed by atoms with Crippen molar-refractivity contribution >= 4 is 30.9 Å². The third-order valence-electron chi connectivity index (χ3n) is 6.01. The Labute approximate surface area is 189 Å². The van der Waals surface area contributed by atoms with Crippen molar-refractivity contribution in [3.63, 3.8) is 0 Å². The standard InChI is InChI=1S/C21H37ClN2O4SSi/c1-14(28-30(8,9)20(5,6)7)16-12-15-17(18(22)23-16)27-13-21(15,10-11-25)24-29(26)19(2,3)4/h12,14,24-25H,10-11,13H2,1-9H3. The molecule has 0 bridgehead atoms. The monoisotopic (exact) mass is 476 g/mol. The Kier molecular flexibility index (Phi) is 7.54. The normalized spacial score (nSPS) is 21.8. The van der Waals surface area contributed by atoms with Crippen molar-refractivity contribution in [3.8, 4) is 5.75 Å². The van der Waals surface area contributed by atoms with E-state index >= 15 is 0 Å². The fraction of sp³-hybridized carbons (Fsp3) is 0.762. The average molecular weight is 477 g/mol. The van der Waals surface area contributed by atoms with E-state index in [4.69, 9.17) is 20.8 Å². The summed E-state index contributed by atoms with van der Waals surface area (Å²) in [6, 6.07) is 1.93. The molecule has 1 aromatic rings. The third-order valence-corrected chi connectivity index (χ3v) is 12.5. The molecule has 0 radical (unpaired) electrons. The van der Waals surface area contributed by atoms with Crippen molar-refractivity contribution in [3.05, 3.63) is 22.5 Å². The zero-order valence-corrected chi connectivity index (χ0v) is 22.3. The zero-order valence-electron chi connectivity index (χ0n) is 19.7. The summed E-state index contributed by atoms with van der Waals surface area (Å²) in [4.78, 5) is 4.54. The summed E-state index contributed by atoms with van der Waals surface area (Å²) in [5.74, 6) is 0.479. The molecule has 1 aliphatic heterocycles. The van der Waals surface area contributed by atoms with Crippen molar-refractivity contribution in [1.29, 1.82) is 0 Å². The molecule has 30 heavy (non-hydrogen) atoms. The first-order valence-electron chi connectivity index (χ1n) is 10.4. The van der Waals surface area contributed by atoms with Gasteiger partial charge in [0.1, 0.15) is 6.61 Å². The number of ether oxygens (including phenoxy) is 1. The summed E-state index contributed by atoms with van der Waals surface area (Å²) in [5.41, 5.74) is 0.676. The van der Waals surface area contributed by atoms with Crippen LogP contribution in [0.1, 0.15) is 72.2 Å². The van der Waals surface area contributed by atoms with Crippen molar-refractivity contribution in [2.45, 2.75) is 89.4 Å². The van der Waals surface area contributed by atoms with Gasteiger partial charge >= 0.3 is 0 Å². The Balaban J connectivity index is 2.47. The van der Waals surface area contributed by atoms with Gasteiger partial charge in [0.15, 0.2) is 19.2 Å². The first-order valence-corrected chi connectivity index (χ1v) is 14.8. The van der Waals surface area contributed by atoms with E-state index in [0.29, 0.717) is 17.9 Å². The second kappa shape index (κ2) is 8.79. The highest BCUT2D eigenvalue weighted by atomic mass is 35.5. The van der Waals surface area contributed by atoms with Crippen LogP contribution in [-0.4, -0.2) is 40.6 Å². The second-order valence-corrected chi connectivity index (χ2v) is 17.6. The lowest BCUT2D eigenvalue weighted by Crippen LogP contribution is -2.49. The number of aliphatic hydroxyl groups is 1. The number of halogens is 1. The number of nitrogens with one attached hydrogen (secondary N) is 1. The average Bonchev–Trinajstić information content (AvgIpc) is 2.92. The Morgan fingerprint density at radius 3 is 2.47 bits per heavy atom. The molecule has 3 unspecified atom stereocenters. The van der Waals surface area contributed by atoms with Crippen molar-refractivity contribution < 1.29 is 18.5 Å². The van der Waals surface area contributed by atoms with Gasteiger partial charge < -0.3 is 14.3 Å². The second-order valence-electron chi connectivity index (χ2n) is 10.6. The minimum absolute atomic E-state index is 0.0662. The fourth-order valence-corrected chi connectivity index (χ4v) is 5.58. The molecule has 172 valence electrons. The van der Waals surface area contributed by atoms with Gasteiger partial charge in [-0.2, -0.15) is 0 Å². The van der Waals surface area contributed by atoms with Gasteiger partial charge in [0, 0.05) is 12.2 Å². The van der Waals surface area contributed by atoms with E-state index in [1.54, 1.807) is 0 Å². The number of aliphatic hydroxyl groups excluding tert-OH is 1. The highest BCUT2D eigenvalue weighted by Gasteiger charge is 2.45. The summed E-state index contributed by atoms with van der Waals surface area (Å²) in [7, 11) is -3.37. The van der Waals surface area contributed by atoms with Crippen LogP contribution >= 0.6 is 11.6 Å². The van der Waals surface area contributed by atoms with Gasteiger partial charge in [-0.3, -0.25) is 0 Å². The van der Waals surface area contributed by atoms with Crippen LogP contribution in [0.2, 0.25) is 23.3 Å². The third kappa shape index (κ3) is 5.27. The van der Waals surface area contributed by atoms with Crippen LogP contribution in [-0.2, 0) is 21.0 Å². The molecule has 2 N–H and O–H groups in total. The van der Waals surface area contributed by atoms with Crippen LogP contribution in [0.4, 0.5) is 0 Å². The number of rotatable bonds is 7. The molecular formula is C21H37ClN2O4SSi. The summed E-state index contributed by atoms with van der Waals surface area (Å²) in [6.45, 7) is 18.8. The van der Waals surface area contributed by atoms with Crippen LogP contribution < -0.4 is 9.46 Å². The smallest absolute Gasteiger partial charge is 0.192 e. The minimum atomic E-state index is -2.01. The number of hydrogen-bond donors (Lipinski definition) is 2. The fourth-order valence-electron chi connectivity index (χ4n) is 3.04. The van der Waals surface area contributed by atoms with Gasteiger partial charge in [-0.05, 0) is 58.3 Å². The molecule has 0 amide bonds. The number of fused-ring (bicyclic) bond motifs is 1. The van der Waals surface area contributed by atoms with Crippen LogP contribution in [0, 0.1) is 0 Å². The predicted molar refractivity (Wildman–Crippen MR) is 126 cm³/mol. The molecule has 0 spiro atoms. The Morgan fingerprint density at radius 1 is 1.37 bits per heavy atom. The number of nitrogens with zero attached hydrogens (tertiary/aromatic N) is 1. The van der Waals surface area contributed by atoms with E-state index < -0.39 is 29.6 Å². The molecule has 6 nitrogen and oxygen atoms in total. The van der Waals surface area contributed by atoms with Gasteiger partial charge in [0.2, 0.25) is 0 Å². The minimum Gasteiger partial charge on any atom is -0.488 e. The quantitative estimate of drug-likeness (QED) is 0.434. The molecule has 0 saturated carbocycles. The summed E-state index contributed by atoms with van der Waals surface area (Å²) in [5, 5.41) is 10.1. The Bertz CT molecular complexity index is 807. The van der Waals surface area contributed by atoms with Crippen molar-refractivity contribution in [2.75, 3.05) is 13.2 Å². The maximum Gasteiger partial charge on any atom is 0.192 e. The van der Waals surface area contributed by atoms with Crippen LogP contribution in [0.5, 0.6) is 5.75 Å². The highest BCUT2D eigenvalue weighted by molar-refractivity contribution is 7.84. The van der Waals surface area contributed by atoms with Gasteiger partial charge in [-0.15, -0.1) is 0 Å². The Hall–Kier alpha value is -0.513. The number of pyridine rings is 1. The van der Waals surface area contributed by atoms with Gasteiger partial charge in [0.05, 0.1) is 33.1 Å². The molecule has 3 atom stereocenters. The van der Waals surface area contributed by atoms with Crippen molar-refractivity contribution in [2.24, 2.45) is 0 Å². The van der Waals surface area contributed by atoms with E-state index in [0.717, 1.165) is 5.56 Å². The lowest BCUT2D eigenvalue weighted by atomic mass is 9.90. The molecule has 2 heterocycles. The lowest BCUT2D eigenvalue weighted by Gasteiger charge is -2.38. The molecule has 0 saturated heterocycles.